The van der Waals surface area contributed by atoms with Crippen LogP contribution in [0.4, 0.5) is 10.5 Å². The lowest BCUT2D eigenvalue weighted by Crippen LogP contribution is -2.54. The third-order valence-electron chi connectivity index (χ3n) is 5.00. The molecule has 1 fully saturated rings. The SMILES string of the molecule is Cc1cccc(N2C(=O)NC(=O)/C(=C\c3ccc(Cc4ccccc4Br)cc3)C2=O)c1. The molecule has 154 valence electrons. The predicted molar refractivity (Wildman–Crippen MR) is 124 cm³/mol. The Morgan fingerprint density at radius 3 is 2.39 bits per heavy atom. The van der Waals surface area contributed by atoms with Gasteiger partial charge in [-0.05, 0) is 59.9 Å². The van der Waals surface area contributed by atoms with Gasteiger partial charge in [-0.15, -0.1) is 0 Å². The molecule has 0 atom stereocenters. The summed E-state index contributed by atoms with van der Waals surface area (Å²) in [5.74, 6) is -1.34. The van der Waals surface area contributed by atoms with Crippen molar-refractivity contribution in [3.05, 3.63) is 105 Å². The summed E-state index contributed by atoms with van der Waals surface area (Å²) in [5.41, 5.74) is 4.21. The number of aryl methyl sites for hydroxylation is 1. The first-order valence-electron chi connectivity index (χ1n) is 9.73. The lowest BCUT2D eigenvalue weighted by Gasteiger charge is -2.26. The highest BCUT2D eigenvalue weighted by molar-refractivity contribution is 9.10. The summed E-state index contributed by atoms with van der Waals surface area (Å²) in [6.45, 7) is 1.87. The molecule has 3 aromatic carbocycles. The standard InChI is InChI=1S/C25H19BrN2O3/c1-16-5-4-7-20(13-16)28-24(30)21(23(29)27-25(28)31)15-18-11-9-17(10-12-18)14-19-6-2-3-8-22(19)26/h2-13,15H,14H2,1H3,(H,27,29,31)/b21-15+. The van der Waals surface area contributed by atoms with Crippen LogP contribution in [0.2, 0.25) is 0 Å². The van der Waals surface area contributed by atoms with Crippen molar-refractivity contribution in [1.29, 1.82) is 0 Å². The van der Waals surface area contributed by atoms with Crippen LogP contribution in [0.15, 0.2) is 82.8 Å². The van der Waals surface area contributed by atoms with Crippen LogP contribution in [0.3, 0.4) is 0 Å². The normalized spacial score (nSPS) is 15.4. The Hall–Kier alpha value is -3.51. The summed E-state index contributed by atoms with van der Waals surface area (Å²) in [7, 11) is 0. The molecule has 1 aliphatic heterocycles. The van der Waals surface area contributed by atoms with E-state index < -0.39 is 17.8 Å². The molecule has 0 radical (unpaired) electrons. The maximum atomic E-state index is 13.0. The molecule has 5 nitrogen and oxygen atoms in total. The molecule has 1 heterocycles. The van der Waals surface area contributed by atoms with E-state index in [1.807, 2.05) is 55.5 Å². The average molecular weight is 475 g/mol. The number of carbonyl (C=O) groups excluding carboxylic acids is 3. The van der Waals surface area contributed by atoms with Gasteiger partial charge in [0.1, 0.15) is 5.57 Å². The first kappa shape index (κ1) is 20.8. The second kappa shape index (κ2) is 8.70. The number of hydrogen-bond acceptors (Lipinski definition) is 3. The monoisotopic (exact) mass is 474 g/mol. The molecule has 31 heavy (non-hydrogen) atoms. The van der Waals surface area contributed by atoms with E-state index in [2.05, 4.69) is 27.3 Å². The largest absolute Gasteiger partial charge is 0.335 e. The van der Waals surface area contributed by atoms with Gasteiger partial charge in [0.2, 0.25) is 0 Å². The lowest BCUT2D eigenvalue weighted by atomic mass is 10.0. The van der Waals surface area contributed by atoms with E-state index >= 15 is 0 Å². The molecule has 0 spiro atoms. The quantitative estimate of drug-likeness (QED) is 0.426. The number of nitrogens with zero attached hydrogens (tertiary/aromatic N) is 1. The number of urea groups is 1. The Bertz CT molecular complexity index is 1220. The number of halogens is 1. The molecule has 0 aliphatic carbocycles. The van der Waals surface area contributed by atoms with Crippen LogP contribution in [-0.4, -0.2) is 17.8 Å². The molecule has 0 saturated carbocycles. The van der Waals surface area contributed by atoms with E-state index in [1.54, 1.807) is 18.2 Å². The van der Waals surface area contributed by atoms with Gasteiger partial charge in [-0.1, -0.05) is 70.5 Å². The zero-order chi connectivity index (χ0) is 22.0. The van der Waals surface area contributed by atoms with Gasteiger partial charge in [-0.3, -0.25) is 14.9 Å². The summed E-state index contributed by atoms with van der Waals surface area (Å²) in [5, 5.41) is 2.25. The van der Waals surface area contributed by atoms with E-state index in [0.717, 1.165) is 26.9 Å². The van der Waals surface area contributed by atoms with E-state index in [4.69, 9.17) is 0 Å². The molecule has 0 aromatic heterocycles. The summed E-state index contributed by atoms with van der Waals surface area (Å²) >= 11 is 3.56. The highest BCUT2D eigenvalue weighted by Crippen LogP contribution is 2.24. The molecule has 4 amide bonds. The molecular weight excluding hydrogens is 456 g/mol. The third kappa shape index (κ3) is 4.49. The topological polar surface area (TPSA) is 66.5 Å². The Kier molecular flexibility index (Phi) is 5.82. The minimum absolute atomic E-state index is 0.0836. The molecule has 1 N–H and O–H groups in total. The van der Waals surface area contributed by atoms with Crippen molar-refractivity contribution in [2.75, 3.05) is 4.90 Å². The first-order chi connectivity index (χ1) is 14.9. The maximum Gasteiger partial charge on any atom is 0.335 e. The van der Waals surface area contributed by atoms with Crippen molar-refractivity contribution in [2.24, 2.45) is 0 Å². The molecule has 4 rings (SSSR count). The second-order valence-electron chi connectivity index (χ2n) is 7.31. The number of benzene rings is 3. The molecule has 0 bridgehead atoms. The van der Waals surface area contributed by atoms with Crippen LogP contribution in [-0.2, 0) is 16.0 Å². The summed E-state index contributed by atoms with van der Waals surface area (Å²) < 4.78 is 1.05. The van der Waals surface area contributed by atoms with Gasteiger partial charge in [0.25, 0.3) is 11.8 Å². The fourth-order valence-corrected chi connectivity index (χ4v) is 3.84. The fraction of sp³-hybridized carbons (Fsp3) is 0.0800. The number of rotatable bonds is 4. The second-order valence-corrected chi connectivity index (χ2v) is 8.16. The van der Waals surface area contributed by atoms with Crippen LogP contribution in [0, 0.1) is 6.92 Å². The predicted octanol–water partition coefficient (Wildman–Crippen LogP) is 5.01. The number of carbonyl (C=O) groups is 3. The van der Waals surface area contributed by atoms with Gasteiger partial charge in [-0.2, -0.15) is 0 Å². The van der Waals surface area contributed by atoms with Gasteiger partial charge in [0, 0.05) is 4.47 Å². The minimum Gasteiger partial charge on any atom is -0.273 e. The smallest absolute Gasteiger partial charge is 0.273 e. The number of imide groups is 2. The Balaban J connectivity index is 1.59. The van der Waals surface area contributed by atoms with Gasteiger partial charge < -0.3 is 0 Å². The van der Waals surface area contributed by atoms with Crippen LogP contribution >= 0.6 is 15.9 Å². The summed E-state index contributed by atoms with van der Waals surface area (Å²) in [6.07, 6.45) is 2.27. The number of nitrogens with one attached hydrogen (secondary N) is 1. The number of anilines is 1. The molecular formula is C25H19BrN2O3. The average Bonchev–Trinajstić information content (AvgIpc) is 2.74. The fourth-order valence-electron chi connectivity index (χ4n) is 3.42. The van der Waals surface area contributed by atoms with Crippen LogP contribution in [0.1, 0.15) is 22.3 Å². The zero-order valence-corrected chi connectivity index (χ0v) is 18.3. The lowest BCUT2D eigenvalue weighted by molar-refractivity contribution is -0.122. The molecule has 0 unspecified atom stereocenters. The summed E-state index contributed by atoms with van der Waals surface area (Å²) in [6, 6.07) is 21.9. The van der Waals surface area contributed by atoms with Crippen molar-refractivity contribution >= 4 is 45.5 Å². The maximum absolute atomic E-state index is 13.0. The van der Waals surface area contributed by atoms with Crippen LogP contribution < -0.4 is 10.2 Å². The van der Waals surface area contributed by atoms with Crippen molar-refractivity contribution in [3.8, 4) is 0 Å². The van der Waals surface area contributed by atoms with E-state index in [1.165, 1.54) is 11.6 Å². The highest BCUT2D eigenvalue weighted by Gasteiger charge is 2.36. The summed E-state index contributed by atoms with van der Waals surface area (Å²) in [4.78, 5) is 38.6. The van der Waals surface area contributed by atoms with Crippen molar-refractivity contribution < 1.29 is 14.4 Å². The van der Waals surface area contributed by atoms with Crippen LogP contribution in [0.25, 0.3) is 6.08 Å². The molecule has 1 saturated heterocycles. The number of hydrogen-bond donors (Lipinski definition) is 1. The third-order valence-corrected chi connectivity index (χ3v) is 5.78. The van der Waals surface area contributed by atoms with Gasteiger partial charge in [-0.25, -0.2) is 9.69 Å². The van der Waals surface area contributed by atoms with Crippen molar-refractivity contribution in [2.45, 2.75) is 13.3 Å². The minimum atomic E-state index is -0.749. The molecule has 1 aliphatic rings. The number of barbiturate groups is 1. The van der Waals surface area contributed by atoms with E-state index in [-0.39, 0.29) is 5.57 Å². The Morgan fingerprint density at radius 1 is 0.935 bits per heavy atom. The van der Waals surface area contributed by atoms with Gasteiger partial charge >= 0.3 is 6.03 Å². The van der Waals surface area contributed by atoms with E-state index in [9.17, 15) is 14.4 Å². The van der Waals surface area contributed by atoms with Crippen LogP contribution in [0.5, 0.6) is 0 Å². The van der Waals surface area contributed by atoms with Gasteiger partial charge in [0.15, 0.2) is 0 Å². The molecule has 3 aromatic rings. The van der Waals surface area contributed by atoms with Gasteiger partial charge in [0.05, 0.1) is 5.69 Å². The first-order valence-corrected chi connectivity index (χ1v) is 10.5. The highest BCUT2D eigenvalue weighted by atomic mass is 79.9. The number of amides is 4. The zero-order valence-electron chi connectivity index (χ0n) is 16.8. The Labute approximate surface area is 188 Å². The Morgan fingerprint density at radius 2 is 1.68 bits per heavy atom. The van der Waals surface area contributed by atoms with E-state index in [0.29, 0.717) is 11.3 Å². The van der Waals surface area contributed by atoms with Crippen molar-refractivity contribution in [3.63, 3.8) is 0 Å². The van der Waals surface area contributed by atoms with Crippen molar-refractivity contribution in [1.82, 2.24) is 5.32 Å². The molecule has 6 heteroatoms.